The van der Waals surface area contributed by atoms with Gasteiger partial charge in [0.25, 0.3) is 0 Å². The number of fused-ring (bicyclic) bond motifs is 1. The molecule has 0 aromatic heterocycles. The molecule has 0 fully saturated rings. The number of hydrogen-bond acceptors (Lipinski definition) is 1. The van der Waals surface area contributed by atoms with Crippen molar-refractivity contribution >= 4 is 48.7 Å². The highest BCUT2D eigenvalue weighted by Crippen LogP contribution is 2.42. The average molecular weight is 481 g/mol. The lowest BCUT2D eigenvalue weighted by Crippen LogP contribution is -2.12. The van der Waals surface area contributed by atoms with E-state index in [2.05, 4.69) is 123 Å². The van der Waals surface area contributed by atoms with Crippen LogP contribution in [0, 0.1) is 6.92 Å². The fourth-order valence-electron chi connectivity index (χ4n) is 3.60. The Hall–Kier alpha value is -2.10. The van der Waals surface area contributed by atoms with E-state index in [0.29, 0.717) is 0 Å². The molecule has 4 rings (SSSR count). The number of hydrogen-bond donors (Lipinski definition) is 1. The summed E-state index contributed by atoms with van der Waals surface area (Å²) < 4.78 is 2.15. The van der Waals surface area contributed by atoms with Gasteiger partial charge in [0.15, 0.2) is 0 Å². The summed E-state index contributed by atoms with van der Waals surface area (Å²) in [7, 11) is 0. The molecule has 1 heterocycles. The smallest absolute Gasteiger partial charge is 0.0773 e. The van der Waals surface area contributed by atoms with Crippen LogP contribution in [-0.4, -0.2) is 0 Å². The zero-order valence-electron chi connectivity index (χ0n) is 15.0. The lowest BCUT2D eigenvalue weighted by Gasteiger charge is -2.23. The molecule has 1 aliphatic heterocycles. The molecule has 1 unspecified atom stereocenters. The molecule has 0 radical (unpaired) electrons. The van der Waals surface area contributed by atoms with Crippen LogP contribution in [0.5, 0.6) is 0 Å². The highest BCUT2D eigenvalue weighted by molar-refractivity contribution is 9.10. The van der Waals surface area contributed by atoms with Crippen LogP contribution in [0.2, 0.25) is 0 Å². The number of allylic oxidation sites excluding steroid dienone is 2. The second-order valence-corrected chi connectivity index (χ2v) is 8.59. The van der Waals surface area contributed by atoms with Gasteiger partial charge in [-0.1, -0.05) is 74.8 Å². The zero-order chi connectivity index (χ0) is 19.0. The summed E-state index contributed by atoms with van der Waals surface area (Å²) in [5.74, 6) is 0. The summed E-state index contributed by atoms with van der Waals surface area (Å²) in [6, 6.07) is 23.4. The molecule has 27 heavy (non-hydrogen) atoms. The van der Waals surface area contributed by atoms with Crippen molar-refractivity contribution in [2.24, 2.45) is 0 Å². The lowest BCUT2D eigenvalue weighted by molar-refractivity contribution is 1.01. The molecule has 1 N–H and O–H groups in total. The van der Waals surface area contributed by atoms with Crippen molar-refractivity contribution < 1.29 is 0 Å². The third kappa shape index (κ3) is 3.67. The van der Waals surface area contributed by atoms with Gasteiger partial charge in [-0.3, -0.25) is 0 Å². The van der Waals surface area contributed by atoms with Gasteiger partial charge >= 0.3 is 0 Å². The molecule has 0 saturated carbocycles. The quantitative estimate of drug-likeness (QED) is 0.394. The van der Waals surface area contributed by atoms with Crippen LogP contribution in [0.1, 0.15) is 28.3 Å². The molecule has 3 aromatic rings. The van der Waals surface area contributed by atoms with E-state index in [0.717, 1.165) is 20.2 Å². The molecule has 1 atom stereocenters. The molecule has 134 valence electrons. The van der Waals surface area contributed by atoms with Crippen LogP contribution in [0.15, 0.2) is 88.3 Å². The maximum absolute atomic E-state index is 4.38. The van der Waals surface area contributed by atoms with Crippen LogP contribution in [-0.2, 0) is 0 Å². The largest absolute Gasteiger partial charge is 0.374 e. The Morgan fingerprint density at radius 1 is 0.852 bits per heavy atom. The van der Waals surface area contributed by atoms with Gasteiger partial charge in [0.2, 0.25) is 0 Å². The van der Waals surface area contributed by atoms with E-state index < -0.39 is 0 Å². The van der Waals surface area contributed by atoms with Gasteiger partial charge in [0.05, 0.1) is 6.04 Å². The number of nitrogens with one attached hydrogen (secondary N) is 1. The molecule has 0 spiro atoms. The molecule has 0 aliphatic carbocycles. The first kappa shape index (κ1) is 18.3. The highest BCUT2D eigenvalue weighted by atomic mass is 79.9. The highest BCUT2D eigenvalue weighted by Gasteiger charge is 2.24. The van der Waals surface area contributed by atoms with E-state index in [1.165, 1.54) is 27.8 Å². The SMILES string of the molecule is C=C1C=C(c2ccc(Br)cc2)C(c2ccc(Br)cc2)Nc2cccc(C)c21. The number of rotatable bonds is 2. The molecule has 3 heteroatoms. The van der Waals surface area contributed by atoms with E-state index in [1.807, 2.05) is 0 Å². The molecule has 0 saturated heterocycles. The van der Waals surface area contributed by atoms with Gasteiger partial charge in [-0.15, -0.1) is 0 Å². The number of halogens is 2. The van der Waals surface area contributed by atoms with Crippen molar-refractivity contribution in [3.63, 3.8) is 0 Å². The topological polar surface area (TPSA) is 12.0 Å². The predicted octanol–water partition coefficient (Wildman–Crippen LogP) is 7.78. The summed E-state index contributed by atoms with van der Waals surface area (Å²) in [6.45, 7) is 6.52. The van der Waals surface area contributed by atoms with E-state index >= 15 is 0 Å². The molecule has 1 nitrogen and oxygen atoms in total. The summed E-state index contributed by atoms with van der Waals surface area (Å²) in [6.07, 6.45) is 2.22. The summed E-state index contributed by atoms with van der Waals surface area (Å²) in [4.78, 5) is 0. The second-order valence-electron chi connectivity index (χ2n) is 6.76. The number of benzene rings is 3. The van der Waals surface area contributed by atoms with Gasteiger partial charge in [0.1, 0.15) is 0 Å². The molecule has 0 amide bonds. The van der Waals surface area contributed by atoms with Crippen LogP contribution in [0.3, 0.4) is 0 Å². The average Bonchev–Trinajstić information content (AvgIpc) is 2.80. The fraction of sp³-hybridized carbons (Fsp3) is 0.0833. The monoisotopic (exact) mass is 479 g/mol. The Balaban J connectivity index is 1.91. The lowest BCUT2D eigenvalue weighted by atomic mass is 9.91. The third-order valence-corrected chi connectivity index (χ3v) is 5.97. The van der Waals surface area contributed by atoms with Crippen molar-refractivity contribution in [1.82, 2.24) is 0 Å². The Labute approximate surface area is 177 Å². The molecular weight excluding hydrogens is 462 g/mol. The standard InChI is InChI=1S/C24H19Br2N/c1-15-4-3-5-22-23(15)16(2)14-21(17-6-10-19(25)11-7-17)24(27-22)18-8-12-20(26)13-9-18/h3-14,24,27H,2H2,1H3. The minimum atomic E-state index is 0.0408. The molecule has 0 bridgehead atoms. The first-order valence-electron chi connectivity index (χ1n) is 8.81. The van der Waals surface area contributed by atoms with E-state index in [1.54, 1.807) is 0 Å². The molecule has 1 aliphatic rings. The maximum atomic E-state index is 4.38. The minimum absolute atomic E-state index is 0.0408. The van der Waals surface area contributed by atoms with E-state index in [-0.39, 0.29) is 6.04 Å². The fourth-order valence-corrected chi connectivity index (χ4v) is 4.13. The third-order valence-electron chi connectivity index (χ3n) is 4.92. The van der Waals surface area contributed by atoms with Crippen molar-refractivity contribution in [2.45, 2.75) is 13.0 Å². The Bertz CT molecular complexity index is 1030. The first-order valence-corrected chi connectivity index (χ1v) is 10.4. The van der Waals surface area contributed by atoms with Gasteiger partial charge in [0, 0.05) is 20.2 Å². The normalized spacial score (nSPS) is 16.2. The number of anilines is 1. The van der Waals surface area contributed by atoms with E-state index in [9.17, 15) is 0 Å². The summed E-state index contributed by atoms with van der Waals surface area (Å²) in [5.41, 5.74) is 8.19. The van der Waals surface area contributed by atoms with Gasteiger partial charge in [-0.25, -0.2) is 0 Å². The van der Waals surface area contributed by atoms with Gasteiger partial charge in [-0.05, 0) is 71.2 Å². The molecular formula is C24H19Br2N. The predicted molar refractivity (Wildman–Crippen MR) is 123 cm³/mol. The summed E-state index contributed by atoms with van der Waals surface area (Å²) >= 11 is 7.08. The van der Waals surface area contributed by atoms with Crippen LogP contribution in [0.4, 0.5) is 5.69 Å². The second kappa shape index (κ2) is 7.49. The molecule has 3 aromatic carbocycles. The van der Waals surface area contributed by atoms with Crippen molar-refractivity contribution in [3.05, 3.63) is 111 Å². The van der Waals surface area contributed by atoms with E-state index in [4.69, 9.17) is 0 Å². The zero-order valence-corrected chi connectivity index (χ0v) is 18.1. The van der Waals surface area contributed by atoms with Gasteiger partial charge < -0.3 is 5.32 Å². The first-order chi connectivity index (χ1) is 13.0. The van der Waals surface area contributed by atoms with Crippen molar-refractivity contribution in [1.29, 1.82) is 0 Å². The Kier molecular flexibility index (Phi) is 5.07. The Morgan fingerprint density at radius 2 is 1.48 bits per heavy atom. The van der Waals surface area contributed by atoms with Crippen LogP contribution >= 0.6 is 31.9 Å². The minimum Gasteiger partial charge on any atom is -0.374 e. The van der Waals surface area contributed by atoms with Crippen molar-refractivity contribution in [2.75, 3.05) is 5.32 Å². The van der Waals surface area contributed by atoms with Crippen LogP contribution < -0.4 is 5.32 Å². The van der Waals surface area contributed by atoms with Crippen LogP contribution in [0.25, 0.3) is 11.1 Å². The summed E-state index contributed by atoms with van der Waals surface area (Å²) in [5, 5.41) is 3.77. The number of aryl methyl sites for hydroxylation is 1. The van der Waals surface area contributed by atoms with Gasteiger partial charge in [-0.2, -0.15) is 0 Å². The Morgan fingerprint density at radius 3 is 2.15 bits per heavy atom. The van der Waals surface area contributed by atoms with Crippen molar-refractivity contribution in [3.8, 4) is 0 Å². The maximum Gasteiger partial charge on any atom is 0.0773 e.